The molecule has 0 unspecified atom stereocenters. The van der Waals surface area contributed by atoms with Gasteiger partial charge < -0.3 is 25.3 Å². The zero-order valence-corrected chi connectivity index (χ0v) is 14.6. The van der Waals surface area contributed by atoms with Crippen molar-refractivity contribution in [2.75, 3.05) is 26.1 Å². The fourth-order valence-electron chi connectivity index (χ4n) is 2.21. The summed E-state index contributed by atoms with van der Waals surface area (Å²) in [6.07, 6.45) is 0. The lowest BCUT2D eigenvalue weighted by Crippen LogP contribution is -2.20. The molecule has 0 bridgehead atoms. The molecule has 0 saturated carbocycles. The SMILES string of the molecule is COc1cc(C(=O)Nc2ccc(C)cc2F)cc(OC)c1OCC(N)=O. The average molecular weight is 362 g/mol. The molecule has 0 spiro atoms. The standard InChI is InChI=1S/C18H19FN2O5/c1-10-4-5-13(12(19)6-10)21-18(23)11-7-14(24-2)17(15(8-11)25-3)26-9-16(20)22/h4-8H,9H2,1-3H3,(H2,20,22)(H,21,23). The summed E-state index contributed by atoms with van der Waals surface area (Å²) in [5.74, 6) is -1.32. The van der Waals surface area contributed by atoms with Crippen LogP contribution in [0.5, 0.6) is 17.2 Å². The summed E-state index contributed by atoms with van der Waals surface area (Å²) < 4.78 is 29.6. The third-order valence-electron chi connectivity index (χ3n) is 3.45. The van der Waals surface area contributed by atoms with Gasteiger partial charge in [-0.3, -0.25) is 9.59 Å². The largest absolute Gasteiger partial charge is 0.493 e. The number of benzene rings is 2. The summed E-state index contributed by atoms with van der Waals surface area (Å²) in [5, 5.41) is 2.49. The lowest BCUT2D eigenvalue weighted by atomic mass is 10.1. The van der Waals surface area contributed by atoms with E-state index >= 15 is 0 Å². The normalized spacial score (nSPS) is 10.2. The molecule has 26 heavy (non-hydrogen) atoms. The van der Waals surface area contributed by atoms with Crippen LogP contribution >= 0.6 is 0 Å². The van der Waals surface area contributed by atoms with E-state index in [1.165, 1.54) is 38.5 Å². The Labute approximate surface area is 149 Å². The first-order valence-electron chi connectivity index (χ1n) is 7.60. The summed E-state index contributed by atoms with van der Waals surface area (Å²) in [7, 11) is 2.74. The molecule has 0 radical (unpaired) electrons. The van der Waals surface area contributed by atoms with Crippen LogP contribution in [0.4, 0.5) is 10.1 Å². The molecule has 0 aromatic heterocycles. The minimum Gasteiger partial charge on any atom is -0.493 e. The maximum atomic E-state index is 13.9. The maximum absolute atomic E-state index is 13.9. The Morgan fingerprint density at radius 2 is 1.73 bits per heavy atom. The van der Waals surface area contributed by atoms with Gasteiger partial charge in [-0.15, -0.1) is 0 Å². The zero-order chi connectivity index (χ0) is 19.3. The van der Waals surface area contributed by atoms with Gasteiger partial charge in [0, 0.05) is 5.56 Å². The van der Waals surface area contributed by atoms with Crippen LogP contribution in [0.3, 0.4) is 0 Å². The Morgan fingerprint density at radius 3 is 2.23 bits per heavy atom. The quantitative estimate of drug-likeness (QED) is 0.787. The Morgan fingerprint density at radius 1 is 1.12 bits per heavy atom. The van der Waals surface area contributed by atoms with Gasteiger partial charge >= 0.3 is 0 Å². The fourth-order valence-corrected chi connectivity index (χ4v) is 2.21. The number of amides is 2. The van der Waals surface area contributed by atoms with E-state index in [9.17, 15) is 14.0 Å². The van der Waals surface area contributed by atoms with Crippen molar-refractivity contribution >= 4 is 17.5 Å². The summed E-state index contributed by atoms with van der Waals surface area (Å²) in [6.45, 7) is 1.36. The predicted molar refractivity (Wildman–Crippen MR) is 93.3 cm³/mol. The molecule has 0 atom stereocenters. The summed E-state index contributed by atoms with van der Waals surface area (Å²) >= 11 is 0. The molecule has 0 saturated heterocycles. The van der Waals surface area contributed by atoms with E-state index in [0.717, 1.165) is 5.56 Å². The van der Waals surface area contributed by atoms with Gasteiger partial charge in [0.15, 0.2) is 18.1 Å². The summed E-state index contributed by atoms with van der Waals surface area (Å²) in [6, 6.07) is 7.25. The second kappa shape index (κ2) is 8.19. The monoisotopic (exact) mass is 362 g/mol. The van der Waals surface area contributed by atoms with Gasteiger partial charge in [-0.2, -0.15) is 0 Å². The molecule has 138 valence electrons. The van der Waals surface area contributed by atoms with Crippen LogP contribution in [0.2, 0.25) is 0 Å². The second-order valence-electron chi connectivity index (χ2n) is 5.40. The van der Waals surface area contributed by atoms with Gasteiger partial charge in [0.05, 0.1) is 19.9 Å². The van der Waals surface area contributed by atoms with E-state index in [1.807, 2.05) is 0 Å². The third-order valence-corrected chi connectivity index (χ3v) is 3.45. The Hall–Kier alpha value is -3.29. The number of carbonyl (C=O) groups is 2. The molecule has 8 heteroatoms. The fraction of sp³-hybridized carbons (Fsp3) is 0.222. The lowest BCUT2D eigenvalue weighted by Gasteiger charge is -2.15. The van der Waals surface area contributed by atoms with E-state index in [1.54, 1.807) is 13.0 Å². The van der Waals surface area contributed by atoms with Gasteiger partial charge in [0.25, 0.3) is 11.8 Å². The highest BCUT2D eigenvalue weighted by Gasteiger charge is 2.19. The number of hydrogen-bond acceptors (Lipinski definition) is 5. The number of primary amides is 1. The molecule has 2 rings (SSSR count). The molecule has 0 heterocycles. The van der Waals surface area contributed by atoms with Crippen molar-refractivity contribution < 1.29 is 28.2 Å². The molecule has 0 aliphatic rings. The maximum Gasteiger partial charge on any atom is 0.256 e. The molecule has 3 N–H and O–H groups in total. The highest BCUT2D eigenvalue weighted by molar-refractivity contribution is 6.05. The smallest absolute Gasteiger partial charge is 0.256 e. The van der Waals surface area contributed by atoms with Crippen molar-refractivity contribution in [2.45, 2.75) is 6.92 Å². The number of hydrogen-bond donors (Lipinski definition) is 2. The lowest BCUT2D eigenvalue weighted by molar-refractivity contribution is -0.120. The van der Waals surface area contributed by atoms with E-state index in [-0.39, 0.29) is 35.1 Å². The number of anilines is 1. The molecule has 0 aliphatic carbocycles. The first-order chi connectivity index (χ1) is 12.3. The number of methoxy groups -OCH3 is 2. The van der Waals surface area contributed by atoms with Crippen molar-refractivity contribution in [1.82, 2.24) is 0 Å². The molecular formula is C18H19FN2O5. The minimum atomic E-state index is -0.675. The Kier molecular flexibility index (Phi) is 6.00. The Bertz CT molecular complexity index is 813. The molecule has 2 amide bonds. The molecule has 0 aliphatic heterocycles. The van der Waals surface area contributed by atoms with Gasteiger partial charge in [-0.25, -0.2) is 4.39 Å². The van der Waals surface area contributed by atoms with E-state index in [0.29, 0.717) is 0 Å². The van der Waals surface area contributed by atoms with Crippen molar-refractivity contribution in [1.29, 1.82) is 0 Å². The first kappa shape index (κ1) is 19.0. The number of nitrogens with one attached hydrogen (secondary N) is 1. The second-order valence-corrected chi connectivity index (χ2v) is 5.40. The molecule has 2 aromatic rings. The van der Waals surface area contributed by atoms with Crippen LogP contribution in [0, 0.1) is 12.7 Å². The minimum absolute atomic E-state index is 0.0487. The molecule has 2 aromatic carbocycles. The van der Waals surface area contributed by atoms with Crippen LogP contribution in [-0.4, -0.2) is 32.6 Å². The van der Waals surface area contributed by atoms with Gasteiger partial charge in [0.2, 0.25) is 5.75 Å². The Balaban J connectivity index is 2.33. The topological polar surface area (TPSA) is 99.9 Å². The van der Waals surface area contributed by atoms with Crippen LogP contribution in [0.1, 0.15) is 15.9 Å². The number of nitrogens with two attached hydrogens (primary N) is 1. The predicted octanol–water partition coefficient (Wildman–Crippen LogP) is 2.27. The third kappa shape index (κ3) is 4.41. The van der Waals surface area contributed by atoms with E-state index in [2.05, 4.69) is 5.32 Å². The van der Waals surface area contributed by atoms with E-state index < -0.39 is 17.6 Å². The van der Waals surface area contributed by atoms with Crippen molar-refractivity contribution in [3.8, 4) is 17.2 Å². The van der Waals surface area contributed by atoms with Crippen LogP contribution in [0.25, 0.3) is 0 Å². The number of aryl methyl sites for hydroxylation is 1. The van der Waals surface area contributed by atoms with Crippen LogP contribution in [-0.2, 0) is 4.79 Å². The van der Waals surface area contributed by atoms with Crippen LogP contribution < -0.4 is 25.3 Å². The molecular weight excluding hydrogens is 343 g/mol. The number of ether oxygens (including phenoxy) is 3. The van der Waals surface area contributed by atoms with Crippen molar-refractivity contribution in [3.05, 3.63) is 47.3 Å². The van der Waals surface area contributed by atoms with Crippen LogP contribution in [0.15, 0.2) is 30.3 Å². The number of rotatable bonds is 7. The highest BCUT2D eigenvalue weighted by atomic mass is 19.1. The summed E-state index contributed by atoms with van der Waals surface area (Å²) in [4.78, 5) is 23.4. The van der Waals surface area contributed by atoms with Gasteiger partial charge in [-0.1, -0.05) is 6.07 Å². The first-order valence-corrected chi connectivity index (χ1v) is 7.60. The zero-order valence-electron chi connectivity index (χ0n) is 14.6. The highest BCUT2D eigenvalue weighted by Crippen LogP contribution is 2.38. The van der Waals surface area contributed by atoms with E-state index in [4.69, 9.17) is 19.9 Å². The molecule has 7 nitrogen and oxygen atoms in total. The summed E-state index contributed by atoms with van der Waals surface area (Å²) in [5.41, 5.74) is 6.01. The van der Waals surface area contributed by atoms with Crippen molar-refractivity contribution in [2.24, 2.45) is 5.73 Å². The average Bonchev–Trinajstić information content (AvgIpc) is 2.61. The number of carbonyl (C=O) groups excluding carboxylic acids is 2. The van der Waals surface area contributed by atoms with Gasteiger partial charge in [-0.05, 0) is 36.8 Å². The molecule has 0 fully saturated rings. The van der Waals surface area contributed by atoms with Crippen molar-refractivity contribution in [3.63, 3.8) is 0 Å². The van der Waals surface area contributed by atoms with Gasteiger partial charge in [0.1, 0.15) is 5.82 Å². The number of halogens is 1.